The number of unbranched alkanes of at least 4 members (excludes halogenated alkanes) is 1. The van der Waals surface area contributed by atoms with Gasteiger partial charge >= 0.3 is 0 Å². The quantitative estimate of drug-likeness (QED) is 0.267. The van der Waals surface area contributed by atoms with Gasteiger partial charge in [-0.05, 0) is 12.3 Å². The number of anilines is 2. The molecule has 1 heterocycles. The summed E-state index contributed by atoms with van der Waals surface area (Å²) in [6, 6.07) is 0. The minimum absolute atomic E-state index is 0.00685. The number of carbonyl (C=O) groups is 1. The maximum absolute atomic E-state index is 11.8. The molecule has 0 unspecified atom stereocenters. The second kappa shape index (κ2) is 10.2. The lowest BCUT2D eigenvalue weighted by molar-refractivity contribution is 0.0972. The van der Waals surface area contributed by atoms with Crippen molar-refractivity contribution in [1.29, 1.82) is 0 Å². The summed E-state index contributed by atoms with van der Waals surface area (Å²) in [5.74, 6) is 1.01. The molecule has 0 saturated carbocycles. The Bertz CT molecular complexity index is 510. The highest BCUT2D eigenvalue weighted by Gasteiger charge is 2.16. The number of nitrogens with two attached hydrogens (primary N) is 3. The van der Waals surface area contributed by atoms with Crippen molar-refractivity contribution in [3.63, 3.8) is 0 Å². The maximum atomic E-state index is 11.8. The van der Waals surface area contributed by atoms with E-state index in [9.17, 15) is 4.79 Å². The van der Waals surface area contributed by atoms with Crippen LogP contribution in [0.4, 0.5) is 11.6 Å². The van der Waals surface area contributed by atoms with Crippen molar-refractivity contribution < 1.29 is 4.79 Å². The first-order valence-corrected chi connectivity index (χ1v) is 7.99. The average molecular weight is 381 g/mol. The van der Waals surface area contributed by atoms with Gasteiger partial charge in [-0.2, -0.15) is 0 Å². The van der Waals surface area contributed by atoms with Gasteiger partial charge in [0.05, 0.1) is 0 Å². The van der Waals surface area contributed by atoms with Crippen molar-refractivity contribution >= 4 is 51.0 Å². The monoisotopic (exact) mass is 379 g/mol. The van der Waals surface area contributed by atoms with Crippen LogP contribution in [0.5, 0.6) is 0 Å². The van der Waals surface area contributed by atoms with E-state index in [0.717, 1.165) is 12.8 Å². The molecule has 10 heteroatoms. The van der Waals surface area contributed by atoms with E-state index in [4.69, 9.17) is 28.8 Å². The molecule has 0 fully saturated rings. The molecule has 118 valence electrons. The fourth-order valence-corrected chi connectivity index (χ4v) is 1.31. The minimum atomic E-state index is -0.635. The highest BCUT2D eigenvalue weighted by atomic mass is 79.9. The van der Waals surface area contributed by atoms with Gasteiger partial charge in [0, 0.05) is 6.54 Å². The van der Waals surface area contributed by atoms with Crippen LogP contribution in [0.15, 0.2) is 4.99 Å². The Labute approximate surface area is 136 Å². The van der Waals surface area contributed by atoms with E-state index < -0.39 is 5.91 Å². The number of hydrogen-bond acceptors (Lipinski definition) is 6. The lowest BCUT2D eigenvalue weighted by atomic mass is 10.3. The largest absolute Gasteiger partial charge is 0.382 e. The average Bonchev–Trinajstić information content (AvgIpc) is 2.45. The molecule has 1 aromatic heterocycles. The predicted octanol–water partition coefficient (Wildman–Crippen LogP) is 1.15. The maximum Gasteiger partial charge on any atom is 0.280 e. The first-order chi connectivity index (χ1) is 9.95. The number of nitrogen functional groups attached to an aromatic ring is 2. The smallest absolute Gasteiger partial charge is 0.280 e. The molecule has 0 spiro atoms. The molecule has 1 aromatic rings. The fourth-order valence-electron chi connectivity index (χ4n) is 1.18. The third-order valence-corrected chi connectivity index (χ3v) is 2.43. The number of nitrogens with one attached hydrogen (secondary N) is 1. The molecule has 0 aromatic carbocycles. The van der Waals surface area contributed by atoms with Crippen LogP contribution in [0.1, 0.15) is 30.3 Å². The summed E-state index contributed by atoms with van der Waals surface area (Å²) < 4.78 is 0. The van der Waals surface area contributed by atoms with Crippen LogP contribution in [0.25, 0.3) is 0 Å². The second-order valence-electron chi connectivity index (χ2n) is 3.71. The van der Waals surface area contributed by atoms with Gasteiger partial charge in [-0.3, -0.25) is 15.1 Å². The Morgan fingerprint density at radius 3 is 2.52 bits per heavy atom. The topological polar surface area (TPSA) is 145 Å². The Kier molecular flexibility index (Phi) is 9.39. The molecule has 0 atom stereocenters. The zero-order valence-electron chi connectivity index (χ0n) is 11.9. The van der Waals surface area contributed by atoms with Crippen molar-refractivity contribution in [2.75, 3.05) is 23.8 Å². The summed E-state index contributed by atoms with van der Waals surface area (Å²) in [4.78, 5) is 23.2. The normalized spacial score (nSPS) is 10.6. The number of nitrogens with zero attached hydrogens (tertiary/aromatic N) is 3. The highest BCUT2D eigenvalue weighted by Crippen LogP contribution is 2.16. The summed E-state index contributed by atoms with van der Waals surface area (Å²) in [6.07, 6.45) is 1.86. The number of aromatic nitrogens is 2. The van der Waals surface area contributed by atoms with Gasteiger partial charge in [-0.15, -0.1) is 0 Å². The van der Waals surface area contributed by atoms with Crippen LogP contribution in [0.3, 0.4) is 0 Å². The van der Waals surface area contributed by atoms with Gasteiger partial charge in [0.2, 0.25) is 0 Å². The van der Waals surface area contributed by atoms with Crippen LogP contribution in [-0.2, 0) is 0 Å². The van der Waals surface area contributed by atoms with Gasteiger partial charge in [-0.25, -0.2) is 9.97 Å². The lowest BCUT2D eigenvalue weighted by Gasteiger charge is -2.07. The molecule has 21 heavy (non-hydrogen) atoms. The molecule has 0 aliphatic rings. The van der Waals surface area contributed by atoms with E-state index in [1.807, 2.05) is 12.8 Å². The number of aliphatic imine (C=N–C) groups is 1. The number of carbonyl (C=O) groups excluding carboxylic acids is 1. The molecule has 1 rings (SSSR count). The zero-order valence-corrected chi connectivity index (χ0v) is 14.2. The third-order valence-electron chi connectivity index (χ3n) is 2.16. The van der Waals surface area contributed by atoms with E-state index in [1.54, 1.807) is 0 Å². The molecule has 7 N–H and O–H groups in total. The van der Waals surface area contributed by atoms with E-state index in [-0.39, 0.29) is 28.4 Å². The second-order valence-corrected chi connectivity index (χ2v) is 4.07. The molecule has 0 radical (unpaired) electrons. The zero-order chi connectivity index (χ0) is 16.4. The van der Waals surface area contributed by atoms with E-state index in [2.05, 4.69) is 36.2 Å². The summed E-state index contributed by atoms with van der Waals surface area (Å²) in [7, 11) is 0. The van der Waals surface area contributed by atoms with Crippen LogP contribution in [0, 0.1) is 0 Å². The van der Waals surface area contributed by atoms with Crippen molar-refractivity contribution in [2.45, 2.75) is 19.8 Å². The van der Waals surface area contributed by atoms with Crippen LogP contribution >= 0.6 is 27.5 Å². The number of guanidine groups is 1. The third kappa shape index (κ3) is 6.58. The number of alkyl halides is 1. The molecule has 1 amide bonds. The number of hydrogen-bond donors (Lipinski definition) is 4. The molecule has 0 saturated heterocycles. The van der Waals surface area contributed by atoms with Gasteiger partial charge in [0.15, 0.2) is 28.4 Å². The standard InChI is InChI=1S/C10H16ClN7O.CH3Br/c1-2-3-4-15-10(14)18-9(19)5-7(12)17-8(13)6(11)16-5;1-2/h2-4H2,1H3,(H4,12,13,17)(H3,14,15,18,19);1H3. The van der Waals surface area contributed by atoms with E-state index in [1.165, 1.54) is 0 Å². The van der Waals surface area contributed by atoms with E-state index >= 15 is 0 Å². The number of rotatable bonds is 4. The summed E-state index contributed by atoms with van der Waals surface area (Å²) >= 11 is 8.61. The van der Waals surface area contributed by atoms with Crippen LogP contribution in [0.2, 0.25) is 5.15 Å². The van der Waals surface area contributed by atoms with Crippen molar-refractivity contribution in [2.24, 2.45) is 10.7 Å². The molecule has 0 aliphatic carbocycles. The SMILES string of the molecule is CBr.CCCCN=C(N)NC(=O)c1nc(Cl)c(N)nc1N. The Morgan fingerprint density at radius 2 is 1.95 bits per heavy atom. The minimum Gasteiger partial charge on any atom is -0.382 e. The Morgan fingerprint density at radius 1 is 1.33 bits per heavy atom. The first-order valence-electron chi connectivity index (χ1n) is 6.03. The van der Waals surface area contributed by atoms with E-state index in [0.29, 0.717) is 6.54 Å². The van der Waals surface area contributed by atoms with Crippen LogP contribution in [-0.4, -0.2) is 34.2 Å². The molecular formula is C11H19BrClN7O. The van der Waals surface area contributed by atoms with Gasteiger partial charge in [-0.1, -0.05) is 40.9 Å². The fraction of sp³-hybridized carbons (Fsp3) is 0.455. The molecule has 0 aliphatic heterocycles. The first kappa shape index (κ1) is 19.4. The summed E-state index contributed by atoms with van der Waals surface area (Å²) in [6.45, 7) is 2.56. The number of amides is 1. The van der Waals surface area contributed by atoms with Crippen molar-refractivity contribution in [3.8, 4) is 0 Å². The van der Waals surface area contributed by atoms with Crippen molar-refractivity contribution in [3.05, 3.63) is 10.8 Å². The lowest BCUT2D eigenvalue weighted by Crippen LogP contribution is -2.38. The molecule has 8 nitrogen and oxygen atoms in total. The van der Waals surface area contributed by atoms with Gasteiger partial charge in [0.25, 0.3) is 5.91 Å². The summed E-state index contributed by atoms with van der Waals surface area (Å²) in [5.41, 5.74) is 16.3. The molecule has 0 bridgehead atoms. The van der Waals surface area contributed by atoms with Crippen LogP contribution < -0.4 is 22.5 Å². The van der Waals surface area contributed by atoms with Gasteiger partial charge < -0.3 is 17.2 Å². The van der Waals surface area contributed by atoms with Crippen molar-refractivity contribution in [1.82, 2.24) is 15.3 Å². The number of halogens is 2. The summed E-state index contributed by atoms with van der Waals surface area (Å²) in [5, 5.41) is 2.25. The molecular weight excluding hydrogens is 362 g/mol. The van der Waals surface area contributed by atoms with Gasteiger partial charge in [0.1, 0.15) is 0 Å². The highest BCUT2D eigenvalue weighted by molar-refractivity contribution is 9.08. The Hall–Kier alpha value is -1.61. The predicted molar refractivity (Wildman–Crippen MR) is 89.6 cm³/mol. The Balaban J connectivity index is 0.00000191.